The number of nitro groups is 1. The first kappa shape index (κ1) is 24.3. The van der Waals surface area contributed by atoms with Gasteiger partial charge in [-0.3, -0.25) is 14.8 Å². The quantitative estimate of drug-likeness (QED) is 0.374. The third kappa shape index (κ3) is 5.30. The molecule has 1 heterocycles. The maximum absolute atomic E-state index is 13.5. The van der Waals surface area contributed by atoms with Gasteiger partial charge in [-0.05, 0) is 47.5 Å². The van der Waals surface area contributed by atoms with Crippen LogP contribution >= 0.6 is 0 Å². The normalized spacial score (nSPS) is 16.1. The average Bonchev–Trinajstić information content (AvgIpc) is 3.25. The van der Waals surface area contributed by atoms with Gasteiger partial charge in [0.05, 0.1) is 27.8 Å². The van der Waals surface area contributed by atoms with E-state index in [4.69, 9.17) is 0 Å². The Labute approximate surface area is 201 Å². The Morgan fingerprint density at radius 3 is 2.37 bits per heavy atom. The van der Waals surface area contributed by atoms with Gasteiger partial charge in [-0.25, -0.2) is 12.8 Å². The van der Waals surface area contributed by atoms with E-state index in [1.165, 1.54) is 30.3 Å². The second kappa shape index (κ2) is 9.07. The van der Waals surface area contributed by atoms with Crippen LogP contribution in [0.25, 0.3) is 0 Å². The van der Waals surface area contributed by atoms with Gasteiger partial charge >= 0.3 is 0 Å². The number of hydrogen-bond acceptors (Lipinski definition) is 7. The van der Waals surface area contributed by atoms with Gasteiger partial charge in [0.1, 0.15) is 5.82 Å². The van der Waals surface area contributed by atoms with Crippen molar-refractivity contribution < 1.29 is 26.1 Å². The summed E-state index contributed by atoms with van der Waals surface area (Å²) < 4.78 is 66.7. The van der Waals surface area contributed by atoms with Crippen molar-refractivity contribution in [2.45, 2.75) is 17.4 Å². The number of sulfonamides is 2. The molecule has 0 radical (unpaired) electrons. The number of nitrogens with zero attached hydrogens (tertiary/aromatic N) is 3. The largest absolute Gasteiger partial charge is 0.284 e. The number of halogens is 1. The fraction of sp³-hybridized carbons (Fsp3) is 0.136. The van der Waals surface area contributed by atoms with Gasteiger partial charge in [0.2, 0.25) is 10.0 Å². The van der Waals surface area contributed by atoms with Gasteiger partial charge in [-0.15, -0.1) is 0 Å². The van der Waals surface area contributed by atoms with Crippen molar-refractivity contribution in [3.05, 3.63) is 99.9 Å². The third-order valence-corrected chi connectivity index (χ3v) is 7.50. The molecule has 182 valence electrons. The molecule has 4 rings (SSSR count). The Morgan fingerprint density at radius 1 is 1.03 bits per heavy atom. The van der Waals surface area contributed by atoms with Crippen LogP contribution in [0.5, 0.6) is 0 Å². The molecule has 0 aromatic heterocycles. The Morgan fingerprint density at radius 2 is 1.71 bits per heavy atom. The Kier molecular flexibility index (Phi) is 6.30. The molecule has 10 nitrogen and oxygen atoms in total. The lowest BCUT2D eigenvalue weighted by atomic mass is 9.98. The number of hydrogen-bond donors (Lipinski definition) is 1. The Hall–Kier alpha value is -3.84. The minimum absolute atomic E-state index is 0.0594. The molecule has 1 unspecified atom stereocenters. The number of non-ortho nitro benzene ring substituents is 1. The van der Waals surface area contributed by atoms with Crippen LogP contribution in [0.15, 0.2) is 82.8 Å². The molecule has 0 saturated heterocycles. The van der Waals surface area contributed by atoms with Crippen molar-refractivity contribution in [3.63, 3.8) is 0 Å². The van der Waals surface area contributed by atoms with Gasteiger partial charge in [-0.1, -0.05) is 24.3 Å². The highest BCUT2D eigenvalue weighted by atomic mass is 32.2. The van der Waals surface area contributed by atoms with Gasteiger partial charge in [0.25, 0.3) is 15.7 Å². The smallest absolute Gasteiger partial charge is 0.279 e. The molecule has 1 atom stereocenters. The van der Waals surface area contributed by atoms with E-state index in [2.05, 4.69) is 9.82 Å². The number of nitrogens with one attached hydrogen (secondary N) is 1. The number of rotatable bonds is 7. The summed E-state index contributed by atoms with van der Waals surface area (Å²) in [5.74, 6) is -0.611. The highest BCUT2D eigenvalue weighted by Gasteiger charge is 2.38. The molecule has 0 aliphatic carbocycles. The van der Waals surface area contributed by atoms with Crippen LogP contribution in [-0.4, -0.2) is 38.1 Å². The van der Waals surface area contributed by atoms with Gasteiger partial charge in [0, 0.05) is 24.2 Å². The van der Waals surface area contributed by atoms with Crippen LogP contribution in [0.4, 0.5) is 15.8 Å². The zero-order valence-corrected chi connectivity index (χ0v) is 19.8. The molecular weight excluding hydrogens is 499 g/mol. The van der Waals surface area contributed by atoms with E-state index in [0.29, 0.717) is 16.8 Å². The summed E-state index contributed by atoms with van der Waals surface area (Å²) in [6.07, 6.45) is 1.06. The first-order valence-electron chi connectivity index (χ1n) is 10.1. The summed E-state index contributed by atoms with van der Waals surface area (Å²) in [6, 6.07) is 15.2. The van der Waals surface area contributed by atoms with Crippen molar-refractivity contribution in [3.8, 4) is 0 Å². The lowest BCUT2D eigenvalue weighted by Gasteiger charge is -2.23. The maximum Gasteiger partial charge on any atom is 0.279 e. The average molecular weight is 519 g/mol. The highest BCUT2D eigenvalue weighted by molar-refractivity contribution is 7.92. The second-order valence-corrected chi connectivity index (χ2v) is 11.3. The predicted octanol–water partition coefficient (Wildman–Crippen LogP) is 3.65. The van der Waals surface area contributed by atoms with Gasteiger partial charge in [0.15, 0.2) is 0 Å². The van der Waals surface area contributed by atoms with Crippen LogP contribution in [-0.2, 0) is 20.0 Å². The van der Waals surface area contributed by atoms with Crippen molar-refractivity contribution in [2.24, 2.45) is 5.10 Å². The van der Waals surface area contributed by atoms with Crippen molar-refractivity contribution in [1.82, 2.24) is 4.41 Å². The van der Waals surface area contributed by atoms with Crippen LogP contribution in [0.1, 0.15) is 23.6 Å². The molecule has 0 amide bonds. The number of benzene rings is 3. The molecule has 1 N–H and O–H groups in total. The zero-order valence-electron chi connectivity index (χ0n) is 18.2. The molecule has 1 aliphatic rings. The molecule has 3 aromatic rings. The summed E-state index contributed by atoms with van der Waals surface area (Å²) in [4.78, 5) is 10.5. The first-order chi connectivity index (χ1) is 16.4. The fourth-order valence-corrected chi connectivity index (χ4v) is 5.66. The van der Waals surface area contributed by atoms with Crippen molar-refractivity contribution in [2.75, 3.05) is 11.0 Å². The highest BCUT2D eigenvalue weighted by Crippen LogP contribution is 2.38. The van der Waals surface area contributed by atoms with Gasteiger partial charge in [-0.2, -0.15) is 17.9 Å². The van der Waals surface area contributed by atoms with Crippen LogP contribution < -0.4 is 4.72 Å². The van der Waals surface area contributed by atoms with Crippen molar-refractivity contribution in [1.29, 1.82) is 0 Å². The molecule has 35 heavy (non-hydrogen) atoms. The monoisotopic (exact) mass is 518 g/mol. The molecule has 0 fully saturated rings. The lowest BCUT2D eigenvalue weighted by molar-refractivity contribution is -0.384. The molecule has 0 spiro atoms. The SMILES string of the molecule is CS(=O)(=O)Nc1cccc(C2=NN(S(=O)(=O)c3ccc(F)cc3)C(c3cccc([N+](=O)[O-])c3)C2)c1. The molecule has 1 aliphatic heterocycles. The van der Waals surface area contributed by atoms with Crippen LogP contribution in [0.2, 0.25) is 0 Å². The topological polar surface area (TPSA) is 139 Å². The van der Waals surface area contributed by atoms with E-state index < -0.39 is 36.8 Å². The summed E-state index contributed by atoms with van der Waals surface area (Å²) in [6.45, 7) is 0. The van der Waals surface area contributed by atoms with Crippen LogP contribution in [0, 0.1) is 15.9 Å². The standard InChI is InChI=1S/C22H19FN4O6S2/c1-34(30,31)25-18-6-2-4-15(12-18)21-14-22(16-5-3-7-19(13-16)27(28)29)26(24-21)35(32,33)20-10-8-17(23)9-11-20/h2-13,22,25H,14H2,1H3. The molecule has 0 saturated carbocycles. The Balaban J connectivity index is 1.80. The van der Waals surface area contributed by atoms with Crippen LogP contribution in [0.3, 0.4) is 0 Å². The molecule has 3 aromatic carbocycles. The van der Waals surface area contributed by atoms with E-state index >= 15 is 0 Å². The first-order valence-corrected chi connectivity index (χ1v) is 13.5. The number of nitro benzene ring substituents is 1. The van der Waals surface area contributed by atoms with E-state index in [0.717, 1.165) is 34.9 Å². The summed E-state index contributed by atoms with van der Waals surface area (Å²) in [5.41, 5.74) is 1.18. The molecule has 13 heteroatoms. The summed E-state index contributed by atoms with van der Waals surface area (Å²) in [5, 5.41) is 15.6. The molecular formula is C22H19FN4O6S2. The lowest BCUT2D eigenvalue weighted by Crippen LogP contribution is -2.27. The zero-order chi connectivity index (χ0) is 25.4. The number of hydrazone groups is 1. The van der Waals surface area contributed by atoms with Crippen molar-refractivity contribution >= 4 is 37.1 Å². The minimum Gasteiger partial charge on any atom is -0.284 e. The second-order valence-electron chi connectivity index (χ2n) is 7.81. The fourth-order valence-electron chi connectivity index (χ4n) is 3.67. The summed E-state index contributed by atoms with van der Waals surface area (Å²) >= 11 is 0. The number of anilines is 1. The third-order valence-electron chi connectivity index (χ3n) is 5.20. The predicted molar refractivity (Wildman–Crippen MR) is 127 cm³/mol. The van der Waals surface area contributed by atoms with E-state index in [1.807, 2.05) is 0 Å². The van der Waals surface area contributed by atoms with Gasteiger partial charge < -0.3 is 0 Å². The van der Waals surface area contributed by atoms with E-state index in [-0.39, 0.29) is 22.7 Å². The summed E-state index contributed by atoms with van der Waals surface area (Å²) in [7, 11) is -7.82. The maximum atomic E-state index is 13.5. The van der Waals surface area contributed by atoms with E-state index in [1.54, 1.807) is 18.2 Å². The Bertz CT molecular complexity index is 1540. The minimum atomic E-state index is -4.27. The van der Waals surface area contributed by atoms with E-state index in [9.17, 15) is 31.3 Å². The molecule has 0 bridgehead atoms.